The fourth-order valence-electron chi connectivity index (χ4n) is 6.05. The monoisotopic (exact) mass is 314 g/mol. The minimum Gasteiger partial charge on any atom is -0.385 e. The Bertz CT molecular complexity index is 579. The second-order valence-corrected chi connectivity index (χ2v) is 9.00. The average molecular weight is 315 g/mol. The largest absolute Gasteiger partial charge is 0.385 e. The summed E-state index contributed by atoms with van der Waals surface area (Å²) in [6, 6.07) is 4.52. The first kappa shape index (κ1) is 17.0. The summed E-state index contributed by atoms with van der Waals surface area (Å²) in [5.74, 6) is 1.89. The van der Waals surface area contributed by atoms with E-state index in [1.54, 1.807) is 0 Å². The molecule has 0 amide bonds. The maximum absolute atomic E-state index is 11.8. The SMILES string of the molecule is Cc1cc([C@]2(O)CCC[C@]3(C)C(C(C)C)CCC32)cc(C)c1C. The smallest absolute Gasteiger partial charge is 0.0930 e. The Morgan fingerprint density at radius 3 is 2.22 bits per heavy atom. The summed E-state index contributed by atoms with van der Waals surface area (Å²) in [5.41, 5.74) is 4.85. The third kappa shape index (κ3) is 2.47. The molecule has 2 aliphatic carbocycles. The first-order chi connectivity index (χ1) is 10.7. The minimum atomic E-state index is -0.625. The van der Waals surface area contributed by atoms with Crippen LogP contribution in [-0.2, 0) is 5.60 Å². The molecular weight excluding hydrogens is 280 g/mol. The molecular formula is C22H34O. The van der Waals surface area contributed by atoms with Crippen LogP contribution in [0.15, 0.2) is 12.1 Å². The molecule has 0 aromatic heterocycles. The summed E-state index contributed by atoms with van der Waals surface area (Å²) in [4.78, 5) is 0. The van der Waals surface area contributed by atoms with Gasteiger partial charge < -0.3 is 5.11 Å². The molecule has 0 bridgehead atoms. The van der Waals surface area contributed by atoms with Crippen LogP contribution in [0, 0.1) is 43.9 Å². The van der Waals surface area contributed by atoms with Crippen LogP contribution in [0.1, 0.15) is 75.1 Å². The highest BCUT2D eigenvalue weighted by atomic mass is 16.3. The third-order valence-corrected chi connectivity index (χ3v) is 7.49. The molecule has 3 rings (SSSR count). The maximum Gasteiger partial charge on any atom is 0.0930 e. The van der Waals surface area contributed by atoms with Gasteiger partial charge in [0, 0.05) is 0 Å². The molecule has 2 fully saturated rings. The van der Waals surface area contributed by atoms with Gasteiger partial charge in [0.1, 0.15) is 0 Å². The number of hydrogen-bond donors (Lipinski definition) is 1. The molecule has 2 unspecified atom stereocenters. The van der Waals surface area contributed by atoms with Crippen molar-refractivity contribution in [3.8, 4) is 0 Å². The van der Waals surface area contributed by atoms with Gasteiger partial charge in [-0.15, -0.1) is 0 Å². The van der Waals surface area contributed by atoms with Crippen molar-refractivity contribution >= 4 is 0 Å². The van der Waals surface area contributed by atoms with Crippen molar-refractivity contribution in [2.75, 3.05) is 0 Å². The van der Waals surface area contributed by atoms with E-state index in [2.05, 4.69) is 53.7 Å². The van der Waals surface area contributed by atoms with Crippen molar-refractivity contribution in [2.45, 2.75) is 79.2 Å². The van der Waals surface area contributed by atoms with Gasteiger partial charge in [-0.1, -0.05) is 32.9 Å². The number of benzene rings is 1. The molecule has 4 atom stereocenters. The summed E-state index contributed by atoms with van der Waals surface area (Å²) in [6.07, 6.45) is 5.83. The van der Waals surface area contributed by atoms with E-state index in [1.165, 1.54) is 41.5 Å². The van der Waals surface area contributed by atoms with Crippen LogP contribution in [-0.4, -0.2) is 5.11 Å². The lowest BCUT2D eigenvalue weighted by atomic mass is 9.56. The van der Waals surface area contributed by atoms with E-state index < -0.39 is 5.60 Å². The van der Waals surface area contributed by atoms with Gasteiger partial charge in [0.05, 0.1) is 5.60 Å². The van der Waals surface area contributed by atoms with Crippen LogP contribution < -0.4 is 0 Å². The number of hydrogen-bond acceptors (Lipinski definition) is 1. The second kappa shape index (κ2) is 5.62. The number of rotatable bonds is 2. The van der Waals surface area contributed by atoms with E-state index in [0.717, 1.165) is 18.8 Å². The predicted octanol–water partition coefficient (Wildman–Crippen LogP) is 5.67. The first-order valence-corrected chi connectivity index (χ1v) is 9.51. The quantitative estimate of drug-likeness (QED) is 0.745. The molecule has 0 radical (unpaired) electrons. The fraction of sp³-hybridized carbons (Fsp3) is 0.727. The predicted molar refractivity (Wildman–Crippen MR) is 97.6 cm³/mol. The second-order valence-electron chi connectivity index (χ2n) is 9.00. The molecule has 0 heterocycles. The molecule has 1 heteroatoms. The zero-order valence-electron chi connectivity index (χ0n) is 15.9. The molecule has 1 aromatic carbocycles. The lowest BCUT2D eigenvalue weighted by Gasteiger charge is -2.51. The van der Waals surface area contributed by atoms with Crippen molar-refractivity contribution < 1.29 is 5.11 Å². The van der Waals surface area contributed by atoms with Gasteiger partial charge in [0.15, 0.2) is 0 Å². The zero-order valence-corrected chi connectivity index (χ0v) is 15.9. The van der Waals surface area contributed by atoms with E-state index in [9.17, 15) is 5.11 Å². The van der Waals surface area contributed by atoms with Crippen LogP contribution in [0.2, 0.25) is 0 Å². The van der Waals surface area contributed by atoms with E-state index in [0.29, 0.717) is 17.3 Å². The van der Waals surface area contributed by atoms with Crippen LogP contribution in [0.5, 0.6) is 0 Å². The molecule has 2 aliphatic rings. The summed E-state index contributed by atoms with van der Waals surface area (Å²) in [5, 5.41) is 11.8. The fourth-order valence-corrected chi connectivity index (χ4v) is 6.05. The van der Waals surface area contributed by atoms with Gasteiger partial charge in [-0.25, -0.2) is 0 Å². The van der Waals surface area contributed by atoms with Crippen molar-refractivity contribution in [2.24, 2.45) is 23.2 Å². The van der Waals surface area contributed by atoms with Gasteiger partial charge in [0.2, 0.25) is 0 Å². The first-order valence-electron chi connectivity index (χ1n) is 9.51. The van der Waals surface area contributed by atoms with E-state index in [1.807, 2.05) is 0 Å². The summed E-state index contributed by atoms with van der Waals surface area (Å²) >= 11 is 0. The topological polar surface area (TPSA) is 20.2 Å². The van der Waals surface area contributed by atoms with Crippen LogP contribution >= 0.6 is 0 Å². The Kier molecular flexibility index (Phi) is 4.16. The van der Waals surface area contributed by atoms with Gasteiger partial charge in [0.25, 0.3) is 0 Å². The Morgan fingerprint density at radius 1 is 1.04 bits per heavy atom. The summed E-state index contributed by atoms with van der Waals surface area (Å²) in [7, 11) is 0. The lowest BCUT2D eigenvalue weighted by molar-refractivity contribution is -0.115. The van der Waals surface area contributed by atoms with Gasteiger partial charge >= 0.3 is 0 Å². The molecule has 1 aromatic rings. The maximum atomic E-state index is 11.8. The Hall–Kier alpha value is -0.820. The van der Waals surface area contributed by atoms with E-state index in [-0.39, 0.29) is 0 Å². The molecule has 23 heavy (non-hydrogen) atoms. The van der Waals surface area contributed by atoms with E-state index >= 15 is 0 Å². The highest BCUT2D eigenvalue weighted by molar-refractivity contribution is 5.40. The molecule has 0 spiro atoms. The van der Waals surface area contributed by atoms with Gasteiger partial charge in [-0.05, 0) is 98.3 Å². The standard InChI is InChI=1S/C22H34O/c1-14(2)19-8-9-20-21(19,6)10-7-11-22(20,23)18-12-15(3)17(5)16(4)13-18/h12-14,19-20,23H,7-11H2,1-6H3/t19?,20?,21-,22-/m1/s1. The minimum absolute atomic E-state index is 0.299. The Labute approximate surface area is 142 Å². The zero-order chi connectivity index (χ0) is 17.0. The molecule has 1 nitrogen and oxygen atoms in total. The van der Waals surface area contributed by atoms with Crippen LogP contribution in [0.3, 0.4) is 0 Å². The van der Waals surface area contributed by atoms with E-state index in [4.69, 9.17) is 0 Å². The molecule has 128 valence electrons. The Balaban J connectivity index is 2.05. The van der Waals surface area contributed by atoms with Crippen LogP contribution in [0.25, 0.3) is 0 Å². The van der Waals surface area contributed by atoms with Crippen molar-refractivity contribution in [3.05, 3.63) is 34.4 Å². The average Bonchev–Trinajstić information content (AvgIpc) is 2.83. The van der Waals surface area contributed by atoms with Gasteiger partial charge in [-0.3, -0.25) is 0 Å². The van der Waals surface area contributed by atoms with Crippen LogP contribution in [0.4, 0.5) is 0 Å². The van der Waals surface area contributed by atoms with Crippen molar-refractivity contribution in [1.29, 1.82) is 0 Å². The third-order valence-electron chi connectivity index (χ3n) is 7.49. The highest BCUT2D eigenvalue weighted by Crippen LogP contribution is 2.63. The highest BCUT2D eigenvalue weighted by Gasteiger charge is 2.58. The lowest BCUT2D eigenvalue weighted by Crippen LogP contribution is -2.48. The molecule has 1 N–H and O–H groups in total. The van der Waals surface area contributed by atoms with Crippen molar-refractivity contribution in [1.82, 2.24) is 0 Å². The van der Waals surface area contributed by atoms with Gasteiger partial charge in [-0.2, -0.15) is 0 Å². The number of aryl methyl sites for hydroxylation is 2. The molecule has 0 aliphatic heterocycles. The molecule has 2 saturated carbocycles. The summed E-state index contributed by atoms with van der Waals surface area (Å²) < 4.78 is 0. The summed E-state index contributed by atoms with van der Waals surface area (Å²) in [6.45, 7) is 13.8. The van der Waals surface area contributed by atoms with Crippen molar-refractivity contribution in [3.63, 3.8) is 0 Å². The normalized spacial score (nSPS) is 37.2. The number of fused-ring (bicyclic) bond motifs is 1. The Morgan fingerprint density at radius 2 is 1.65 bits per heavy atom. The number of aliphatic hydroxyl groups is 1. The molecule has 0 saturated heterocycles.